The highest BCUT2D eigenvalue weighted by molar-refractivity contribution is 6.35. The summed E-state index contributed by atoms with van der Waals surface area (Å²) in [5, 5.41) is 0.917. The molecule has 25 heavy (non-hydrogen) atoms. The Balaban J connectivity index is 1.61. The fourth-order valence-corrected chi connectivity index (χ4v) is 3.29. The maximum Gasteiger partial charge on any atom is 0.255 e. The molecule has 7 heteroatoms. The van der Waals surface area contributed by atoms with Crippen LogP contribution in [0.1, 0.15) is 34.7 Å². The van der Waals surface area contributed by atoms with Gasteiger partial charge in [-0.2, -0.15) is 4.98 Å². The summed E-state index contributed by atoms with van der Waals surface area (Å²) < 4.78 is 5.96. The lowest BCUT2D eigenvalue weighted by Crippen LogP contribution is -2.42. The van der Waals surface area contributed by atoms with Crippen molar-refractivity contribution in [3.63, 3.8) is 0 Å². The summed E-state index contributed by atoms with van der Waals surface area (Å²) in [5.74, 6) is 1.19. The van der Waals surface area contributed by atoms with Crippen LogP contribution >= 0.6 is 23.2 Å². The van der Waals surface area contributed by atoms with Crippen LogP contribution in [0.25, 0.3) is 0 Å². The van der Waals surface area contributed by atoms with Crippen molar-refractivity contribution in [2.75, 3.05) is 13.1 Å². The second-order valence-corrected chi connectivity index (χ2v) is 6.97. The van der Waals surface area contributed by atoms with Crippen LogP contribution in [-0.2, 0) is 0 Å². The van der Waals surface area contributed by atoms with Gasteiger partial charge in [-0.15, -0.1) is 0 Å². The van der Waals surface area contributed by atoms with Crippen molar-refractivity contribution >= 4 is 29.1 Å². The molecule has 1 fully saturated rings. The summed E-state index contributed by atoms with van der Waals surface area (Å²) >= 11 is 12.1. The van der Waals surface area contributed by atoms with Crippen LogP contribution in [0.5, 0.6) is 5.88 Å². The van der Waals surface area contributed by atoms with E-state index in [0.717, 1.165) is 18.5 Å². The van der Waals surface area contributed by atoms with Gasteiger partial charge in [0.25, 0.3) is 5.91 Å². The van der Waals surface area contributed by atoms with E-state index in [-0.39, 0.29) is 12.0 Å². The molecular formula is C18H19Cl2N3O2. The minimum atomic E-state index is -0.0975. The summed E-state index contributed by atoms with van der Waals surface area (Å²) in [5.41, 5.74) is 1.32. The van der Waals surface area contributed by atoms with Crippen molar-refractivity contribution in [3.8, 4) is 5.88 Å². The van der Waals surface area contributed by atoms with E-state index in [4.69, 9.17) is 27.9 Å². The molecule has 0 unspecified atom stereocenters. The van der Waals surface area contributed by atoms with Crippen LogP contribution in [0.15, 0.2) is 24.3 Å². The molecule has 0 N–H and O–H groups in total. The standard InChI is InChI=1S/C18H19Cl2N3O2/c1-11-9-17(22-12(2)21-11)25-14-5-7-23(8-6-14)18(24)15-10-13(19)3-4-16(15)20/h3-4,9-10,14H,5-8H2,1-2H3. The lowest BCUT2D eigenvalue weighted by molar-refractivity contribution is 0.0587. The Kier molecular flexibility index (Phi) is 5.45. The third kappa shape index (κ3) is 4.41. The van der Waals surface area contributed by atoms with Crippen LogP contribution in [0.2, 0.25) is 10.0 Å². The number of halogens is 2. The summed E-state index contributed by atoms with van der Waals surface area (Å²) in [6, 6.07) is 6.76. The Bertz CT molecular complexity index is 770. The van der Waals surface area contributed by atoms with E-state index in [0.29, 0.717) is 40.4 Å². The van der Waals surface area contributed by atoms with Crippen LogP contribution in [0.3, 0.4) is 0 Å². The largest absolute Gasteiger partial charge is 0.474 e. The van der Waals surface area contributed by atoms with Gasteiger partial charge in [0.15, 0.2) is 0 Å². The number of aryl methyl sites for hydroxylation is 2. The van der Waals surface area contributed by atoms with E-state index in [9.17, 15) is 4.79 Å². The SMILES string of the molecule is Cc1cc(OC2CCN(C(=O)c3cc(Cl)ccc3Cl)CC2)nc(C)n1. The average molecular weight is 380 g/mol. The molecule has 0 spiro atoms. The van der Waals surface area contributed by atoms with E-state index < -0.39 is 0 Å². The summed E-state index contributed by atoms with van der Waals surface area (Å²) in [4.78, 5) is 23.0. The van der Waals surface area contributed by atoms with E-state index in [1.54, 1.807) is 23.1 Å². The number of aromatic nitrogens is 2. The molecule has 0 aliphatic carbocycles. The quantitative estimate of drug-likeness (QED) is 0.805. The Hall–Kier alpha value is -1.85. The molecule has 0 saturated carbocycles. The molecule has 2 heterocycles. The zero-order valence-corrected chi connectivity index (χ0v) is 15.6. The number of amides is 1. The van der Waals surface area contributed by atoms with Crippen molar-refractivity contribution in [1.82, 2.24) is 14.9 Å². The summed E-state index contributed by atoms with van der Waals surface area (Å²) in [7, 11) is 0. The first-order chi connectivity index (χ1) is 11.9. The Morgan fingerprint density at radius 2 is 1.88 bits per heavy atom. The van der Waals surface area contributed by atoms with E-state index in [2.05, 4.69) is 9.97 Å². The second kappa shape index (κ2) is 7.58. The monoisotopic (exact) mass is 379 g/mol. The Labute approximate surface area is 156 Å². The molecule has 1 amide bonds. The predicted octanol–water partition coefficient (Wildman–Crippen LogP) is 4.08. The maximum atomic E-state index is 12.6. The van der Waals surface area contributed by atoms with Crippen LogP contribution in [0, 0.1) is 13.8 Å². The number of likely N-dealkylation sites (tertiary alicyclic amines) is 1. The maximum absolute atomic E-state index is 12.6. The minimum Gasteiger partial charge on any atom is -0.474 e. The van der Waals surface area contributed by atoms with E-state index in [1.807, 2.05) is 19.9 Å². The summed E-state index contributed by atoms with van der Waals surface area (Å²) in [6.45, 7) is 4.97. The molecule has 1 aliphatic heterocycles. The molecule has 0 bridgehead atoms. The molecule has 1 saturated heterocycles. The second-order valence-electron chi connectivity index (χ2n) is 6.13. The van der Waals surface area contributed by atoms with Crippen LogP contribution in [0.4, 0.5) is 0 Å². The number of rotatable bonds is 3. The first kappa shape index (κ1) is 18.0. The van der Waals surface area contributed by atoms with Gasteiger partial charge in [0.2, 0.25) is 5.88 Å². The fraction of sp³-hybridized carbons (Fsp3) is 0.389. The molecule has 5 nitrogen and oxygen atoms in total. The molecule has 1 aromatic carbocycles. The van der Waals surface area contributed by atoms with Gasteiger partial charge in [0, 0.05) is 42.7 Å². The average Bonchev–Trinajstić information content (AvgIpc) is 2.56. The molecular weight excluding hydrogens is 361 g/mol. The number of ether oxygens (including phenoxy) is 1. The zero-order valence-electron chi connectivity index (χ0n) is 14.1. The highest BCUT2D eigenvalue weighted by atomic mass is 35.5. The smallest absolute Gasteiger partial charge is 0.255 e. The highest BCUT2D eigenvalue weighted by Gasteiger charge is 2.26. The van der Waals surface area contributed by atoms with Gasteiger partial charge < -0.3 is 9.64 Å². The lowest BCUT2D eigenvalue weighted by Gasteiger charge is -2.32. The number of hydrogen-bond acceptors (Lipinski definition) is 4. The molecule has 0 atom stereocenters. The third-order valence-electron chi connectivity index (χ3n) is 4.12. The Morgan fingerprint density at radius 1 is 1.16 bits per heavy atom. The molecule has 132 valence electrons. The van der Waals surface area contributed by atoms with Crippen molar-refractivity contribution in [2.24, 2.45) is 0 Å². The van der Waals surface area contributed by atoms with Gasteiger partial charge in [-0.25, -0.2) is 4.98 Å². The van der Waals surface area contributed by atoms with Crippen molar-refractivity contribution < 1.29 is 9.53 Å². The number of carbonyl (C=O) groups is 1. The van der Waals surface area contributed by atoms with Gasteiger partial charge in [0.05, 0.1) is 10.6 Å². The number of piperidine rings is 1. The Morgan fingerprint density at radius 3 is 2.56 bits per heavy atom. The zero-order chi connectivity index (χ0) is 18.0. The van der Waals surface area contributed by atoms with E-state index >= 15 is 0 Å². The molecule has 1 aliphatic rings. The summed E-state index contributed by atoms with van der Waals surface area (Å²) in [6.07, 6.45) is 1.52. The first-order valence-electron chi connectivity index (χ1n) is 8.15. The van der Waals surface area contributed by atoms with Gasteiger partial charge in [-0.1, -0.05) is 23.2 Å². The number of hydrogen-bond donors (Lipinski definition) is 0. The van der Waals surface area contributed by atoms with Crippen molar-refractivity contribution in [2.45, 2.75) is 32.8 Å². The fourth-order valence-electron chi connectivity index (χ4n) is 2.92. The van der Waals surface area contributed by atoms with Crippen molar-refractivity contribution in [1.29, 1.82) is 0 Å². The van der Waals surface area contributed by atoms with Crippen molar-refractivity contribution in [3.05, 3.63) is 51.4 Å². The number of carbonyl (C=O) groups excluding carboxylic acids is 1. The molecule has 0 radical (unpaired) electrons. The predicted molar refractivity (Wildman–Crippen MR) is 97.5 cm³/mol. The molecule has 1 aromatic heterocycles. The first-order valence-corrected chi connectivity index (χ1v) is 8.91. The lowest BCUT2D eigenvalue weighted by atomic mass is 10.1. The van der Waals surface area contributed by atoms with Gasteiger partial charge >= 0.3 is 0 Å². The molecule has 2 aromatic rings. The van der Waals surface area contributed by atoms with Gasteiger partial charge in [-0.3, -0.25) is 4.79 Å². The highest BCUT2D eigenvalue weighted by Crippen LogP contribution is 2.24. The van der Waals surface area contributed by atoms with E-state index in [1.165, 1.54) is 0 Å². The minimum absolute atomic E-state index is 0.0348. The molecule has 3 rings (SSSR count). The van der Waals surface area contributed by atoms with Crippen LogP contribution in [-0.4, -0.2) is 40.0 Å². The number of benzene rings is 1. The van der Waals surface area contributed by atoms with Crippen LogP contribution < -0.4 is 4.74 Å². The van der Waals surface area contributed by atoms with Gasteiger partial charge in [0.1, 0.15) is 11.9 Å². The van der Waals surface area contributed by atoms with Gasteiger partial charge in [-0.05, 0) is 32.0 Å². The number of nitrogens with zero attached hydrogens (tertiary/aromatic N) is 3. The third-order valence-corrected chi connectivity index (χ3v) is 4.68. The normalized spacial score (nSPS) is 15.3. The topological polar surface area (TPSA) is 55.3 Å².